The molecular formula is C20H24N2O4. The Morgan fingerprint density at radius 3 is 2.77 bits per heavy atom. The number of carbonyl (C=O) groups is 2. The van der Waals surface area contributed by atoms with Gasteiger partial charge in [0.25, 0.3) is 0 Å². The lowest BCUT2D eigenvalue weighted by atomic mass is 9.97. The van der Waals surface area contributed by atoms with Crippen molar-refractivity contribution in [3.8, 4) is 11.5 Å². The van der Waals surface area contributed by atoms with E-state index < -0.39 is 0 Å². The van der Waals surface area contributed by atoms with E-state index in [-0.39, 0.29) is 30.4 Å². The summed E-state index contributed by atoms with van der Waals surface area (Å²) in [5, 5.41) is 5.84. The van der Waals surface area contributed by atoms with E-state index in [9.17, 15) is 9.59 Å². The number of hydrogen-bond donors (Lipinski definition) is 2. The lowest BCUT2D eigenvalue weighted by molar-refractivity contribution is -0.125. The summed E-state index contributed by atoms with van der Waals surface area (Å²) in [5.74, 6) is 0.745. The summed E-state index contributed by atoms with van der Waals surface area (Å²) >= 11 is 0. The topological polar surface area (TPSA) is 76.7 Å². The average molecular weight is 356 g/mol. The number of allylic oxidation sites excluding steroid dienone is 1. The molecule has 2 atom stereocenters. The first-order chi connectivity index (χ1) is 12.7. The number of fused-ring (bicyclic) bond motifs is 1. The van der Waals surface area contributed by atoms with Crippen LogP contribution in [0, 0.1) is 11.8 Å². The van der Waals surface area contributed by atoms with Gasteiger partial charge in [-0.25, -0.2) is 0 Å². The van der Waals surface area contributed by atoms with E-state index in [1.807, 2.05) is 0 Å². The van der Waals surface area contributed by atoms with E-state index in [0.29, 0.717) is 30.2 Å². The van der Waals surface area contributed by atoms with Crippen molar-refractivity contribution in [2.24, 2.45) is 11.8 Å². The highest BCUT2D eigenvalue weighted by atomic mass is 16.7. The van der Waals surface area contributed by atoms with Gasteiger partial charge < -0.3 is 20.1 Å². The van der Waals surface area contributed by atoms with Gasteiger partial charge in [-0.2, -0.15) is 0 Å². The van der Waals surface area contributed by atoms with Crippen LogP contribution in [0.25, 0.3) is 0 Å². The summed E-state index contributed by atoms with van der Waals surface area (Å²) in [6, 6.07) is 5.30. The highest BCUT2D eigenvalue weighted by Crippen LogP contribution is 2.40. The van der Waals surface area contributed by atoms with Crippen molar-refractivity contribution in [3.05, 3.63) is 29.8 Å². The molecule has 4 rings (SSSR count). The van der Waals surface area contributed by atoms with Gasteiger partial charge in [0.05, 0.1) is 11.8 Å². The molecular weight excluding hydrogens is 332 g/mol. The van der Waals surface area contributed by atoms with E-state index in [1.165, 1.54) is 18.4 Å². The summed E-state index contributed by atoms with van der Waals surface area (Å²) < 4.78 is 10.6. The lowest BCUT2D eigenvalue weighted by Gasteiger charge is -2.13. The predicted octanol–water partition coefficient (Wildman–Crippen LogP) is 3.00. The van der Waals surface area contributed by atoms with Crippen molar-refractivity contribution in [1.82, 2.24) is 5.32 Å². The first kappa shape index (κ1) is 16.9. The van der Waals surface area contributed by atoms with Gasteiger partial charge in [0, 0.05) is 18.3 Å². The van der Waals surface area contributed by atoms with Crippen molar-refractivity contribution < 1.29 is 19.1 Å². The summed E-state index contributed by atoms with van der Waals surface area (Å²) in [6.45, 7) is 0.867. The number of hydrogen-bond acceptors (Lipinski definition) is 4. The third-order valence-electron chi connectivity index (χ3n) is 5.23. The Bertz CT molecular complexity index is 743. The Morgan fingerprint density at radius 1 is 1.08 bits per heavy atom. The minimum absolute atomic E-state index is 0.00718. The van der Waals surface area contributed by atoms with Gasteiger partial charge in [-0.3, -0.25) is 9.59 Å². The summed E-state index contributed by atoms with van der Waals surface area (Å²) in [5.41, 5.74) is 2.11. The normalized spacial score (nSPS) is 23.2. The van der Waals surface area contributed by atoms with Crippen LogP contribution in [-0.2, 0) is 9.59 Å². The Hall–Kier alpha value is -2.50. The number of anilines is 1. The molecule has 1 aliphatic heterocycles. The molecule has 2 N–H and O–H groups in total. The van der Waals surface area contributed by atoms with Crippen LogP contribution in [0.4, 0.5) is 5.69 Å². The molecule has 0 radical (unpaired) electrons. The molecule has 0 bridgehead atoms. The van der Waals surface area contributed by atoms with Gasteiger partial charge in [0.2, 0.25) is 18.6 Å². The number of ether oxygens (including phenoxy) is 2. The number of carbonyl (C=O) groups excluding carboxylic acids is 2. The maximum atomic E-state index is 12.3. The van der Waals surface area contributed by atoms with Crippen molar-refractivity contribution in [3.63, 3.8) is 0 Å². The lowest BCUT2D eigenvalue weighted by Crippen LogP contribution is -2.28. The molecule has 0 aromatic heterocycles. The van der Waals surface area contributed by atoms with E-state index in [2.05, 4.69) is 16.7 Å². The van der Waals surface area contributed by atoms with Crippen LogP contribution in [-0.4, -0.2) is 25.2 Å². The van der Waals surface area contributed by atoms with Crippen molar-refractivity contribution in [2.75, 3.05) is 18.7 Å². The predicted molar refractivity (Wildman–Crippen MR) is 97.0 cm³/mol. The second-order valence-electron chi connectivity index (χ2n) is 7.16. The molecule has 0 saturated heterocycles. The van der Waals surface area contributed by atoms with Gasteiger partial charge in [-0.1, -0.05) is 11.6 Å². The number of benzene rings is 1. The molecule has 26 heavy (non-hydrogen) atoms. The van der Waals surface area contributed by atoms with Crippen LogP contribution in [0.3, 0.4) is 0 Å². The molecule has 6 heteroatoms. The molecule has 3 aliphatic rings. The Labute approximate surface area is 152 Å². The minimum atomic E-state index is -0.241. The second kappa shape index (κ2) is 7.40. The molecule has 138 valence electrons. The Morgan fingerprint density at radius 2 is 1.92 bits per heavy atom. The zero-order valence-electron chi connectivity index (χ0n) is 14.8. The van der Waals surface area contributed by atoms with Gasteiger partial charge in [-0.05, 0) is 50.7 Å². The van der Waals surface area contributed by atoms with Crippen molar-refractivity contribution in [2.45, 2.75) is 38.5 Å². The highest BCUT2D eigenvalue weighted by Gasteiger charge is 2.47. The van der Waals surface area contributed by atoms with Gasteiger partial charge in [0.1, 0.15) is 0 Å². The highest BCUT2D eigenvalue weighted by molar-refractivity contribution is 5.99. The minimum Gasteiger partial charge on any atom is -0.454 e. The van der Waals surface area contributed by atoms with E-state index >= 15 is 0 Å². The maximum absolute atomic E-state index is 12.3. The summed E-state index contributed by atoms with van der Waals surface area (Å²) in [7, 11) is 0. The molecule has 0 spiro atoms. The number of amides is 2. The van der Waals surface area contributed by atoms with Crippen LogP contribution in [0.1, 0.15) is 38.5 Å². The van der Waals surface area contributed by atoms with E-state index in [0.717, 1.165) is 19.3 Å². The molecule has 2 amide bonds. The van der Waals surface area contributed by atoms with Gasteiger partial charge in [-0.15, -0.1) is 0 Å². The van der Waals surface area contributed by atoms with E-state index in [4.69, 9.17) is 9.47 Å². The molecule has 6 nitrogen and oxygen atoms in total. The fourth-order valence-corrected chi connectivity index (χ4v) is 3.59. The number of nitrogens with one attached hydrogen (secondary N) is 2. The first-order valence-electron chi connectivity index (χ1n) is 9.37. The van der Waals surface area contributed by atoms with Gasteiger partial charge in [0.15, 0.2) is 11.5 Å². The largest absolute Gasteiger partial charge is 0.454 e. The smallest absolute Gasteiger partial charge is 0.231 e. The maximum Gasteiger partial charge on any atom is 0.231 e. The first-order valence-corrected chi connectivity index (χ1v) is 9.37. The van der Waals surface area contributed by atoms with Crippen molar-refractivity contribution in [1.29, 1.82) is 0 Å². The molecule has 1 aromatic carbocycles. The molecule has 2 aliphatic carbocycles. The quantitative estimate of drug-likeness (QED) is 0.768. The van der Waals surface area contributed by atoms with Crippen molar-refractivity contribution >= 4 is 17.5 Å². The van der Waals surface area contributed by atoms with Crippen LogP contribution < -0.4 is 20.1 Å². The molecule has 1 heterocycles. The third kappa shape index (κ3) is 3.84. The monoisotopic (exact) mass is 356 g/mol. The molecule has 1 fully saturated rings. The standard InChI is InChI=1S/C20H24N2O4/c23-19(21-9-8-13-4-2-1-3-5-13)15-11-16(15)20(24)22-14-6-7-17-18(10-14)26-12-25-17/h4,6-7,10,15-16H,1-3,5,8-9,11-12H2,(H,21,23)(H,22,24). The van der Waals surface area contributed by atoms with Crippen LogP contribution in [0.2, 0.25) is 0 Å². The zero-order chi connectivity index (χ0) is 17.9. The van der Waals surface area contributed by atoms with Crippen LogP contribution >= 0.6 is 0 Å². The summed E-state index contributed by atoms with van der Waals surface area (Å²) in [4.78, 5) is 24.6. The zero-order valence-corrected chi connectivity index (χ0v) is 14.8. The fraction of sp³-hybridized carbons (Fsp3) is 0.500. The third-order valence-corrected chi connectivity index (χ3v) is 5.23. The van der Waals surface area contributed by atoms with E-state index in [1.54, 1.807) is 18.2 Å². The molecule has 2 unspecified atom stereocenters. The molecule has 1 aromatic rings. The average Bonchev–Trinajstić information content (AvgIpc) is 3.33. The second-order valence-corrected chi connectivity index (χ2v) is 7.16. The summed E-state index contributed by atoms with van der Waals surface area (Å²) in [6.07, 6.45) is 8.68. The van der Waals surface area contributed by atoms with Gasteiger partial charge >= 0.3 is 0 Å². The molecule has 1 saturated carbocycles. The fourth-order valence-electron chi connectivity index (χ4n) is 3.59. The van der Waals surface area contributed by atoms with Crippen LogP contribution in [0.15, 0.2) is 29.8 Å². The van der Waals surface area contributed by atoms with Crippen LogP contribution in [0.5, 0.6) is 11.5 Å². The Balaban J connectivity index is 1.22. The SMILES string of the molecule is O=C(NCCC1=CCCCC1)C1CC1C(=O)Nc1ccc2c(c1)OCO2. The number of rotatable bonds is 6. The Kier molecular flexibility index (Phi) is 4.82.